The van der Waals surface area contributed by atoms with Gasteiger partial charge in [0.1, 0.15) is 11.4 Å². The molecule has 0 aliphatic carbocycles. The van der Waals surface area contributed by atoms with Crippen LogP contribution in [-0.2, 0) is 10.9 Å². The Balaban J connectivity index is 1.64. The van der Waals surface area contributed by atoms with Crippen molar-refractivity contribution in [3.8, 4) is 16.9 Å². The van der Waals surface area contributed by atoms with Gasteiger partial charge in [-0.25, -0.2) is 4.98 Å². The Bertz CT molecular complexity index is 1170. The summed E-state index contributed by atoms with van der Waals surface area (Å²) in [5.74, 6) is -0.488. The predicted molar refractivity (Wildman–Crippen MR) is 117 cm³/mol. The van der Waals surface area contributed by atoms with E-state index in [0.29, 0.717) is 23.2 Å². The third kappa shape index (κ3) is 5.42. The maximum absolute atomic E-state index is 13.3. The van der Waals surface area contributed by atoms with E-state index in [1.54, 1.807) is 6.92 Å². The minimum absolute atomic E-state index is 0.0619. The highest BCUT2D eigenvalue weighted by molar-refractivity contribution is 8.01. The van der Waals surface area contributed by atoms with Crippen molar-refractivity contribution in [3.05, 3.63) is 41.5 Å². The van der Waals surface area contributed by atoms with Gasteiger partial charge < -0.3 is 9.47 Å². The fourth-order valence-electron chi connectivity index (χ4n) is 3.16. The molecule has 1 aliphatic heterocycles. The number of halogens is 3. The van der Waals surface area contributed by atoms with Gasteiger partial charge in [-0.3, -0.25) is 15.1 Å². The van der Waals surface area contributed by atoms with E-state index in [9.17, 15) is 18.0 Å². The van der Waals surface area contributed by atoms with Crippen LogP contribution in [0.3, 0.4) is 0 Å². The monoisotopic (exact) mass is 497 g/mol. The summed E-state index contributed by atoms with van der Waals surface area (Å²) in [6, 6.07) is 2.38. The second-order valence-corrected chi connectivity index (χ2v) is 9.59. The lowest BCUT2D eigenvalue weighted by Gasteiger charge is -2.15. The van der Waals surface area contributed by atoms with Crippen LogP contribution >= 0.6 is 23.1 Å². The smallest absolute Gasteiger partial charge is 0.433 e. The molecule has 3 aromatic rings. The average molecular weight is 498 g/mol. The molecule has 8 nitrogen and oxygen atoms in total. The van der Waals surface area contributed by atoms with Gasteiger partial charge in [0, 0.05) is 34.9 Å². The number of carbonyl (C=O) groups is 1. The molecule has 1 amide bonds. The standard InChI is InChI=1S/C20H18F3N5O3S2/c1-10-5-12(13-6-16(20(21,22)23)25-8-15(13)30-2)14(7-24-10)17(29)26-18-27-28-19(33-18)32-11-3-4-31-9-11/h5-8,11H,3-4,9H2,1-2H3,(H,26,27,29). The molecule has 0 bridgehead atoms. The number of methoxy groups -OCH3 is 1. The Hall–Kier alpha value is -2.77. The zero-order valence-electron chi connectivity index (χ0n) is 17.5. The minimum Gasteiger partial charge on any atom is -0.494 e. The molecule has 174 valence electrons. The van der Waals surface area contributed by atoms with Gasteiger partial charge in [-0.05, 0) is 25.5 Å². The number of hydrogen-bond acceptors (Lipinski definition) is 9. The van der Waals surface area contributed by atoms with Crippen LogP contribution in [0.25, 0.3) is 11.1 Å². The molecule has 13 heteroatoms. The van der Waals surface area contributed by atoms with Crippen LogP contribution in [0.2, 0.25) is 0 Å². The van der Waals surface area contributed by atoms with E-state index in [1.165, 1.54) is 42.5 Å². The Kier molecular flexibility index (Phi) is 6.81. The van der Waals surface area contributed by atoms with Gasteiger partial charge in [-0.15, -0.1) is 10.2 Å². The number of pyridine rings is 2. The predicted octanol–water partition coefficient (Wildman–Crippen LogP) is 4.46. The summed E-state index contributed by atoms with van der Waals surface area (Å²) in [4.78, 5) is 20.6. The molecule has 4 rings (SSSR count). The van der Waals surface area contributed by atoms with Crippen LogP contribution in [0.4, 0.5) is 18.3 Å². The fraction of sp³-hybridized carbons (Fsp3) is 0.350. The third-order valence-corrected chi connectivity index (χ3v) is 6.90. The quantitative estimate of drug-likeness (QED) is 0.499. The maximum atomic E-state index is 13.3. The molecule has 1 N–H and O–H groups in total. The van der Waals surface area contributed by atoms with Crippen molar-refractivity contribution >= 4 is 34.1 Å². The summed E-state index contributed by atoms with van der Waals surface area (Å²) in [7, 11) is 1.32. The van der Waals surface area contributed by atoms with Crippen molar-refractivity contribution in [3.63, 3.8) is 0 Å². The highest BCUT2D eigenvalue weighted by Gasteiger charge is 2.34. The van der Waals surface area contributed by atoms with Crippen LogP contribution < -0.4 is 10.1 Å². The van der Waals surface area contributed by atoms with Gasteiger partial charge >= 0.3 is 6.18 Å². The molecule has 1 saturated heterocycles. The normalized spacial score (nSPS) is 16.1. The number of nitrogens with zero attached hydrogens (tertiary/aromatic N) is 4. The zero-order valence-corrected chi connectivity index (χ0v) is 19.1. The summed E-state index contributed by atoms with van der Waals surface area (Å²) in [5.41, 5.74) is -0.216. The van der Waals surface area contributed by atoms with Gasteiger partial charge in [0.2, 0.25) is 5.13 Å². The number of rotatable bonds is 6. The minimum atomic E-state index is -4.66. The van der Waals surface area contributed by atoms with Crippen molar-refractivity contribution < 1.29 is 27.4 Å². The average Bonchev–Trinajstić information content (AvgIpc) is 3.45. The van der Waals surface area contributed by atoms with E-state index in [0.717, 1.165) is 18.7 Å². The van der Waals surface area contributed by atoms with Crippen LogP contribution in [0.15, 0.2) is 28.9 Å². The van der Waals surface area contributed by atoms with Crippen LogP contribution in [0.1, 0.15) is 28.2 Å². The molecule has 4 heterocycles. The molecule has 1 unspecified atom stereocenters. The zero-order chi connectivity index (χ0) is 23.6. The summed E-state index contributed by atoms with van der Waals surface area (Å²) in [6.45, 7) is 3.01. The van der Waals surface area contributed by atoms with E-state index >= 15 is 0 Å². The lowest BCUT2D eigenvalue weighted by atomic mass is 9.99. The first-order valence-corrected chi connectivity index (χ1v) is 11.4. The number of amides is 1. The fourth-order valence-corrected chi connectivity index (χ4v) is 5.22. The maximum Gasteiger partial charge on any atom is 0.433 e. The Morgan fingerprint density at radius 1 is 1.24 bits per heavy atom. The molecule has 33 heavy (non-hydrogen) atoms. The van der Waals surface area contributed by atoms with Gasteiger partial charge in [0.15, 0.2) is 4.34 Å². The summed E-state index contributed by atoms with van der Waals surface area (Å²) >= 11 is 2.74. The van der Waals surface area contributed by atoms with Crippen LogP contribution in [0, 0.1) is 6.92 Å². The summed E-state index contributed by atoms with van der Waals surface area (Å²) in [6.07, 6.45) is -1.45. The summed E-state index contributed by atoms with van der Waals surface area (Å²) < 4.78 is 51.1. The van der Waals surface area contributed by atoms with E-state index in [-0.39, 0.29) is 32.8 Å². The highest BCUT2D eigenvalue weighted by Crippen LogP contribution is 2.38. The van der Waals surface area contributed by atoms with E-state index in [1.807, 2.05) is 0 Å². The van der Waals surface area contributed by atoms with E-state index in [2.05, 4.69) is 25.5 Å². The number of hydrogen-bond donors (Lipinski definition) is 1. The molecule has 1 aliphatic rings. The molecule has 3 aromatic heterocycles. The highest BCUT2D eigenvalue weighted by atomic mass is 32.2. The SMILES string of the molecule is COc1cnc(C(F)(F)F)cc1-c1cc(C)ncc1C(=O)Nc1nnc(SC2CCOC2)s1. The lowest BCUT2D eigenvalue weighted by molar-refractivity contribution is -0.141. The first-order chi connectivity index (χ1) is 15.7. The molecular weight excluding hydrogens is 479 g/mol. The van der Waals surface area contributed by atoms with E-state index in [4.69, 9.17) is 9.47 Å². The number of thioether (sulfide) groups is 1. The molecule has 1 atom stereocenters. The topological polar surface area (TPSA) is 99.1 Å². The molecule has 0 spiro atoms. The Morgan fingerprint density at radius 3 is 2.76 bits per heavy atom. The number of aryl methyl sites for hydroxylation is 1. The second kappa shape index (κ2) is 9.61. The lowest BCUT2D eigenvalue weighted by Crippen LogP contribution is -2.14. The molecule has 1 fully saturated rings. The van der Waals surface area contributed by atoms with Gasteiger partial charge in [-0.1, -0.05) is 23.1 Å². The number of aromatic nitrogens is 4. The largest absolute Gasteiger partial charge is 0.494 e. The van der Waals surface area contributed by atoms with Crippen molar-refractivity contribution in [1.82, 2.24) is 20.2 Å². The Morgan fingerprint density at radius 2 is 2.06 bits per heavy atom. The van der Waals surface area contributed by atoms with Crippen LogP contribution in [0.5, 0.6) is 5.75 Å². The molecule has 0 aromatic carbocycles. The third-order valence-electron chi connectivity index (χ3n) is 4.74. The number of anilines is 1. The van der Waals surface area contributed by atoms with Gasteiger partial charge in [0.05, 0.1) is 25.5 Å². The molecular formula is C20H18F3N5O3S2. The number of nitrogens with one attached hydrogen (secondary N) is 1. The van der Waals surface area contributed by atoms with E-state index < -0.39 is 17.8 Å². The number of ether oxygens (including phenoxy) is 2. The Labute approximate surface area is 195 Å². The van der Waals surface area contributed by atoms with Gasteiger partial charge in [0.25, 0.3) is 5.91 Å². The van der Waals surface area contributed by atoms with Crippen molar-refractivity contribution in [2.45, 2.75) is 29.1 Å². The van der Waals surface area contributed by atoms with Crippen molar-refractivity contribution in [2.75, 3.05) is 25.6 Å². The van der Waals surface area contributed by atoms with Gasteiger partial charge in [-0.2, -0.15) is 13.2 Å². The van der Waals surface area contributed by atoms with Crippen LogP contribution in [-0.4, -0.2) is 51.6 Å². The first-order valence-electron chi connectivity index (χ1n) is 9.72. The number of carbonyl (C=O) groups excluding carboxylic acids is 1. The first kappa shape index (κ1) is 23.4. The van der Waals surface area contributed by atoms with Crippen molar-refractivity contribution in [2.24, 2.45) is 0 Å². The second-order valence-electron chi connectivity index (χ2n) is 7.07. The summed E-state index contributed by atoms with van der Waals surface area (Å²) in [5, 5.41) is 11.3. The molecule has 0 radical (unpaired) electrons. The number of alkyl halides is 3. The van der Waals surface area contributed by atoms with Crippen molar-refractivity contribution in [1.29, 1.82) is 0 Å². The molecule has 0 saturated carbocycles.